The van der Waals surface area contributed by atoms with Crippen molar-refractivity contribution in [2.75, 3.05) is 6.61 Å². The Labute approximate surface area is 140 Å². The van der Waals surface area contributed by atoms with Crippen LogP contribution in [-0.2, 0) is 20.3 Å². The molecule has 0 N–H and O–H groups in total. The van der Waals surface area contributed by atoms with E-state index >= 15 is 0 Å². The average molecular weight is 333 g/mol. The minimum absolute atomic E-state index is 0.125. The van der Waals surface area contributed by atoms with Gasteiger partial charge < -0.3 is 4.74 Å². The van der Waals surface area contributed by atoms with E-state index in [2.05, 4.69) is 5.92 Å². The van der Waals surface area contributed by atoms with Crippen molar-refractivity contribution >= 4 is 16.8 Å². The number of carbonyl (C=O) groups is 1. The van der Waals surface area contributed by atoms with Gasteiger partial charge in [0, 0.05) is 15.5 Å². The van der Waals surface area contributed by atoms with Crippen LogP contribution in [0.4, 0.5) is 0 Å². The number of carbonyl (C=O) groups excluding carboxylic acids is 1. The molecule has 0 bridgehead atoms. The summed E-state index contributed by atoms with van der Waals surface area (Å²) in [6.45, 7) is 7.10. The van der Waals surface area contributed by atoms with E-state index in [4.69, 9.17) is 15.9 Å². The fourth-order valence-electron chi connectivity index (χ4n) is 2.36. The SMILES string of the molecule is C#C[C@]1(COC(=O)c2ccccc2)O[CH+]CC1[S@@](=O)C(C)(C)C. The Morgan fingerprint density at radius 2 is 2.13 bits per heavy atom. The second-order valence-corrected chi connectivity index (χ2v) is 8.78. The zero-order chi connectivity index (χ0) is 17.1. The lowest BCUT2D eigenvalue weighted by atomic mass is 10.0. The monoisotopic (exact) mass is 333 g/mol. The standard InChI is InChI=1S/C18H21O4S/c1-5-18(13-21-16(19)14-9-7-6-8-10-14)15(11-12-22-18)23(20)17(2,3)4/h1,6-10,12,15H,11,13H2,2-4H3/q+1/t15?,18-,23-/m1/s1. The number of terminal acetylenes is 1. The lowest BCUT2D eigenvalue weighted by molar-refractivity contribution is 0.000734. The first-order valence-corrected chi connectivity index (χ1v) is 8.61. The number of esters is 1. The van der Waals surface area contributed by atoms with Gasteiger partial charge in [-0.25, -0.2) is 4.79 Å². The fraction of sp³-hybridized carbons (Fsp3) is 0.444. The molecule has 1 heterocycles. The van der Waals surface area contributed by atoms with Gasteiger partial charge in [0.05, 0.1) is 5.56 Å². The predicted molar refractivity (Wildman–Crippen MR) is 90.0 cm³/mol. The van der Waals surface area contributed by atoms with Crippen molar-refractivity contribution < 1.29 is 18.5 Å². The number of rotatable bonds is 4. The van der Waals surface area contributed by atoms with Crippen molar-refractivity contribution in [1.82, 2.24) is 0 Å². The fourth-order valence-corrected chi connectivity index (χ4v) is 4.01. The van der Waals surface area contributed by atoms with Gasteiger partial charge in [0.1, 0.15) is 18.3 Å². The number of hydrogen-bond donors (Lipinski definition) is 0. The van der Waals surface area contributed by atoms with E-state index in [-0.39, 0.29) is 6.61 Å². The maximum Gasteiger partial charge on any atom is 0.338 e. The van der Waals surface area contributed by atoms with Gasteiger partial charge in [0.25, 0.3) is 0 Å². The summed E-state index contributed by atoms with van der Waals surface area (Å²) in [5.41, 5.74) is -0.738. The zero-order valence-corrected chi connectivity index (χ0v) is 14.4. The number of benzene rings is 1. The van der Waals surface area contributed by atoms with Crippen molar-refractivity contribution in [3.05, 3.63) is 42.5 Å². The molecule has 0 amide bonds. The quantitative estimate of drug-likeness (QED) is 0.483. The van der Waals surface area contributed by atoms with Crippen molar-refractivity contribution in [3.8, 4) is 12.3 Å². The Bertz CT molecular complexity index is 627. The van der Waals surface area contributed by atoms with Crippen molar-refractivity contribution in [2.24, 2.45) is 0 Å². The van der Waals surface area contributed by atoms with Crippen LogP contribution in [0.2, 0.25) is 0 Å². The summed E-state index contributed by atoms with van der Waals surface area (Å²) in [4.78, 5) is 12.1. The molecule has 0 radical (unpaired) electrons. The average Bonchev–Trinajstić information content (AvgIpc) is 2.96. The zero-order valence-electron chi connectivity index (χ0n) is 13.6. The van der Waals surface area contributed by atoms with E-state index in [0.717, 1.165) is 0 Å². The molecule has 3 atom stereocenters. The van der Waals surface area contributed by atoms with Gasteiger partial charge in [-0.05, 0) is 32.9 Å². The van der Waals surface area contributed by atoms with Gasteiger partial charge in [-0.3, -0.25) is 4.21 Å². The smallest absolute Gasteiger partial charge is 0.338 e. The minimum atomic E-state index is -1.23. The van der Waals surface area contributed by atoms with Crippen molar-refractivity contribution in [1.29, 1.82) is 0 Å². The van der Waals surface area contributed by atoms with Crippen LogP contribution in [0, 0.1) is 19.0 Å². The molecule has 23 heavy (non-hydrogen) atoms. The van der Waals surface area contributed by atoms with E-state index in [1.54, 1.807) is 30.9 Å². The summed E-state index contributed by atoms with van der Waals surface area (Å²) < 4.78 is 23.2. The van der Waals surface area contributed by atoms with Gasteiger partial charge in [0.2, 0.25) is 12.2 Å². The molecule has 0 aliphatic carbocycles. The summed E-state index contributed by atoms with van der Waals surface area (Å²) >= 11 is 0. The molecular formula is C18H21O4S+. The second-order valence-electron chi connectivity index (χ2n) is 6.39. The molecule has 1 aromatic rings. The Balaban J connectivity index is 2.13. The third kappa shape index (κ3) is 3.77. The largest absolute Gasteiger partial charge is 0.458 e. The number of ether oxygens (including phenoxy) is 2. The maximum atomic E-state index is 12.7. The van der Waals surface area contributed by atoms with E-state index in [0.29, 0.717) is 12.0 Å². The second kappa shape index (κ2) is 6.77. The molecule has 1 saturated heterocycles. The van der Waals surface area contributed by atoms with Crippen LogP contribution < -0.4 is 0 Å². The highest BCUT2D eigenvalue weighted by atomic mass is 32.2. The lowest BCUT2D eigenvalue weighted by Gasteiger charge is -2.28. The first-order valence-electron chi connectivity index (χ1n) is 7.40. The van der Waals surface area contributed by atoms with Gasteiger partial charge in [-0.1, -0.05) is 24.1 Å². The Kier molecular flexibility index (Phi) is 5.18. The normalized spacial score (nSPS) is 25.2. The molecule has 1 unspecified atom stereocenters. The molecular weight excluding hydrogens is 312 g/mol. The highest BCUT2D eigenvalue weighted by Gasteiger charge is 2.56. The Hall–Kier alpha value is -1.77. The number of hydrogen-bond acceptors (Lipinski definition) is 4. The van der Waals surface area contributed by atoms with Crippen LogP contribution in [0.1, 0.15) is 37.6 Å². The van der Waals surface area contributed by atoms with Crippen LogP contribution in [0.3, 0.4) is 0 Å². The molecule has 4 nitrogen and oxygen atoms in total. The molecule has 0 aromatic heterocycles. The summed E-state index contributed by atoms with van der Waals surface area (Å²) in [5.74, 6) is 2.09. The summed E-state index contributed by atoms with van der Waals surface area (Å²) in [6, 6.07) is 8.65. The van der Waals surface area contributed by atoms with E-state index in [1.165, 1.54) is 0 Å². The van der Waals surface area contributed by atoms with Crippen LogP contribution >= 0.6 is 0 Å². The van der Waals surface area contributed by atoms with Gasteiger partial charge in [0.15, 0.2) is 0 Å². The van der Waals surface area contributed by atoms with Crippen LogP contribution in [-0.4, -0.2) is 32.4 Å². The summed E-state index contributed by atoms with van der Waals surface area (Å²) in [7, 11) is -1.23. The summed E-state index contributed by atoms with van der Waals surface area (Å²) in [6.07, 6.45) is 6.11. The van der Waals surface area contributed by atoms with E-state index in [9.17, 15) is 9.00 Å². The molecule has 1 aliphatic heterocycles. The van der Waals surface area contributed by atoms with Crippen LogP contribution in [0.5, 0.6) is 0 Å². The van der Waals surface area contributed by atoms with Gasteiger partial charge >= 0.3 is 5.97 Å². The van der Waals surface area contributed by atoms with E-state index < -0.39 is 32.4 Å². The first kappa shape index (κ1) is 17.6. The van der Waals surface area contributed by atoms with Crippen LogP contribution in [0.25, 0.3) is 0 Å². The molecule has 0 saturated carbocycles. The summed E-state index contributed by atoms with van der Waals surface area (Å²) in [5, 5.41) is -0.406. The van der Waals surface area contributed by atoms with Gasteiger partial charge in [-0.2, -0.15) is 4.74 Å². The molecule has 122 valence electrons. The molecule has 0 spiro atoms. The predicted octanol–water partition coefficient (Wildman–Crippen LogP) is 2.71. The third-order valence-corrected chi connectivity index (χ3v) is 5.95. The molecule has 2 rings (SSSR count). The molecule has 5 heteroatoms. The molecule has 1 aromatic carbocycles. The topological polar surface area (TPSA) is 52.6 Å². The van der Waals surface area contributed by atoms with Gasteiger partial charge in [-0.15, -0.1) is 6.42 Å². The first-order chi connectivity index (χ1) is 10.8. The van der Waals surface area contributed by atoms with E-state index in [1.807, 2.05) is 26.8 Å². The third-order valence-electron chi connectivity index (χ3n) is 3.66. The maximum absolute atomic E-state index is 12.7. The van der Waals surface area contributed by atoms with Crippen molar-refractivity contribution in [3.63, 3.8) is 0 Å². The Morgan fingerprint density at radius 3 is 2.70 bits per heavy atom. The van der Waals surface area contributed by atoms with Crippen molar-refractivity contribution in [2.45, 2.75) is 42.8 Å². The molecule has 1 aliphatic rings. The molecule has 1 fully saturated rings. The minimum Gasteiger partial charge on any atom is -0.458 e. The highest BCUT2D eigenvalue weighted by molar-refractivity contribution is 7.87. The van der Waals surface area contributed by atoms with Crippen LogP contribution in [0.15, 0.2) is 30.3 Å². The Morgan fingerprint density at radius 1 is 1.48 bits per heavy atom. The highest BCUT2D eigenvalue weighted by Crippen LogP contribution is 2.36. The lowest BCUT2D eigenvalue weighted by Crippen LogP contribution is -2.48.